The lowest BCUT2D eigenvalue weighted by Gasteiger charge is -2.30. The highest BCUT2D eigenvalue weighted by Gasteiger charge is 2.17. The Morgan fingerprint density at radius 1 is 1.12 bits per heavy atom. The quantitative estimate of drug-likeness (QED) is 0.266. The summed E-state index contributed by atoms with van der Waals surface area (Å²) >= 11 is 1.56. The van der Waals surface area contributed by atoms with Crippen molar-refractivity contribution in [2.45, 2.75) is 26.3 Å². The van der Waals surface area contributed by atoms with Crippen LogP contribution in [0.25, 0.3) is 11.0 Å². The summed E-state index contributed by atoms with van der Waals surface area (Å²) < 4.78 is 7.95. The minimum Gasteiger partial charge on any atom is -0.494 e. The molecule has 0 amide bonds. The van der Waals surface area contributed by atoms with Crippen molar-refractivity contribution in [3.05, 3.63) is 76.2 Å². The highest BCUT2D eigenvalue weighted by molar-refractivity contribution is 7.12. The van der Waals surface area contributed by atoms with Gasteiger partial charge in [0.05, 0.1) is 22.5 Å². The molecule has 2 N–H and O–H groups in total. The second-order valence-corrected chi connectivity index (χ2v) is 9.26. The van der Waals surface area contributed by atoms with Crippen molar-refractivity contribution >= 4 is 33.9 Å². The van der Waals surface area contributed by atoms with E-state index in [1.807, 2.05) is 42.6 Å². The molecular weight excluding hydrogens is 430 g/mol. The van der Waals surface area contributed by atoms with Crippen molar-refractivity contribution in [2.24, 2.45) is 0 Å². The molecule has 3 heterocycles. The van der Waals surface area contributed by atoms with Crippen molar-refractivity contribution < 1.29 is 4.74 Å². The number of anilines is 1. The summed E-state index contributed by atoms with van der Waals surface area (Å²) in [5.74, 6) is 2.38. The van der Waals surface area contributed by atoms with Crippen LogP contribution < -0.4 is 10.1 Å². The summed E-state index contributed by atoms with van der Waals surface area (Å²) in [6, 6.07) is 18.5. The number of ether oxygens (including phenoxy) is 1. The number of thiophene rings is 1. The normalized spacial score (nSPS) is 13.7. The van der Waals surface area contributed by atoms with E-state index in [9.17, 15) is 0 Å². The second-order valence-electron chi connectivity index (χ2n) is 8.31. The van der Waals surface area contributed by atoms with E-state index in [1.54, 1.807) is 11.3 Å². The number of amidine groups is 1. The molecule has 0 aliphatic carbocycles. The lowest BCUT2D eigenvalue weighted by molar-refractivity contribution is 0.175. The van der Waals surface area contributed by atoms with Crippen LogP contribution in [0.3, 0.4) is 0 Å². The van der Waals surface area contributed by atoms with Crippen molar-refractivity contribution in [2.75, 3.05) is 31.6 Å². The predicted molar refractivity (Wildman–Crippen MR) is 136 cm³/mol. The number of benzene rings is 2. The first-order valence-electron chi connectivity index (χ1n) is 11.5. The summed E-state index contributed by atoms with van der Waals surface area (Å²) in [5.41, 5.74) is 4.21. The zero-order valence-electron chi connectivity index (χ0n) is 18.9. The molecule has 0 spiro atoms. The third-order valence-electron chi connectivity index (χ3n) is 6.05. The topological polar surface area (TPSA) is 66.2 Å². The number of imidazole rings is 1. The Bertz CT molecular complexity index is 1230. The molecule has 1 saturated heterocycles. The Labute approximate surface area is 198 Å². The van der Waals surface area contributed by atoms with Gasteiger partial charge < -0.3 is 19.5 Å². The standard InChI is InChI=1S/C26H29N5OS/c1-2-32-21-9-6-19(7-10-21)17-25-29-22-18-20(28-26(27)24-5-3-16-33-24)8-11-23(22)31(25)15-14-30-12-4-13-30/h3,5-11,16,18H,2,4,12-15,17H2,1H3,(H2,27,28). The Kier molecular flexibility index (Phi) is 6.41. The van der Waals surface area contributed by atoms with Gasteiger partial charge in [-0.25, -0.2) is 4.98 Å². The van der Waals surface area contributed by atoms with Crippen LogP contribution in [-0.4, -0.2) is 46.5 Å². The smallest absolute Gasteiger partial charge is 0.140 e. The zero-order chi connectivity index (χ0) is 22.6. The number of fused-ring (bicyclic) bond motifs is 1. The van der Waals surface area contributed by atoms with Gasteiger partial charge in [-0.1, -0.05) is 18.2 Å². The fourth-order valence-corrected chi connectivity index (χ4v) is 4.80. The van der Waals surface area contributed by atoms with Crippen LogP contribution in [0.4, 0.5) is 5.69 Å². The predicted octanol–water partition coefficient (Wildman–Crippen LogP) is 5.23. The zero-order valence-corrected chi connectivity index (χ0v) is 19.7. The molecule has 1 fully saturated rings. The van der Waals surface area contributed by atoms with Gasteiger partial charge in [0.15, 0.2) is 0 Å². The molecule has 0 radical (unpaired) electrons. The number of hydrogen-bond acceptors (Lipinski definition) is 5. The minimum absolute atomic E-state index is 0.413. The summed E-state index contributed by atoms with van der Waals surface area (Å²) in [4.78, 5) is 8.44. The SMILES string of the molecule is CCOc1ccc(Cc2nc3cc(NC(=N)c4cccs4)ccc3n2CCN2CCC2)cc1. The number of likely N-dealkylation sites (tertiary alicyclic amines) is 1. The maximum Gasteiger partial charge on any atom is 0.140 e. The Hall–Kier alpha value is -3.16. The fraction of sp³-hybridized carbons (Fsp3) is 0.308. The van der Waals surface area contributed by atoms with E-state index >= 15 is 0 Å². The lowest BCUT2D eigenvalue weighted by Crippen LogP contribution is -2.39. The molecule has 1 aliphatic heterocycles. The van der Waals surface area contributed by atoms with Crippen LogP contribution in [0.2, 0.25) is 0 Å². The molecule has 6 nitrogen and oxygen atoms in total. The summed E-state index contributed by atoms with van der Waals surface area (Å²) in [5, 5.41) is 13.5. The molecule has 2 aromatic heterocycles. The summed E-state index contributed by atoms with van der Waals surface area (Å²) in [7, 11) is 0. The van der Waals surface area contributed by atoms with E-state index < -0.39 is 0 Å². The average Bonchev–Trinajstić information content (AvgIpc) is 3.43. The van der Waals surface area contributed by atoms with Crippen LogP contribution in [0.5, 0.6) is 5.75 Å². The number of rotatable bonds is 9. The molecule has 1 aliphatic rings. The molecule has 0 atom stereocenters. The summed E-state index contributed by atoms with van der Waals surface area (Å²) in [6.45, 7) is 7.04. The molecule has 2 aromatic carbocycles. The molecule has 7 heteroatoms. The Balaban J connectivity index is 1.41. The molecule has 0 unspecified atom stereocenters. The van der Waals surface area contributed by atoms with E-state index in [1.165, 1.54) is 25.1 Å². The van der Waals surface area contributed by atoms with Gasteiger partial charge in [0.25, 0.3) is 0 Å². The Morgan fingerprint density at radius 3 is 2.67 bits per heavy atom. The van der Waals surface area contributed by atoms with Crippen LogP contribution in [0, 0.1) is 5.41 Å². The second kappa shape index (κ2) is 9.77. The molecule has 4 aromatic rings. The van der Waals surface area contributed by atoms with E-state index in [-0.39, 0.29) is 0 Å². The van der Waals surface area contributed by atoms with Gasteiger partial charge in [0.1, 0.15) is 17.4 Å². The van der Waals surface area contributed by atoms with Gasteiger partial charge >= 0.3 is 0 Å². The van der Waals surface area contributed by atoms with Gasteiger partial charge in [0.2, 0.25) is 0 Å². The molecule has 33 heavy (non-hydrogen) atoms. The van der Waals surface area contributed by atoms with Gasteiger partial charge in [-0.05, 0) is 73.8 Å². The lowest BCUT2D eigenvalue weighted by atomic mass is 10.1. The number of hydrogen-bond donors (Lipinski definition) is 2. The molecule has 170 valence electrons. The van der Waals surface area contributed by atoms with Crippen molar-refractivity contribution in [1.29, 1.82) is 5.41 Å². The first-order chi connectivity index (χ1) is 16.2. The molecule has 0 saturated carbocycles. The van der Waals surface area contributed by atoms with Crippen molar-refractivity contribution in [3.63, 3.8) is 0 Å². The van der Waals surface area contributed by atoms with Crippen LogP contribution in [-0.2, 0) is 13.0 Å². The average molecular weight is 460 g/mol. The van der Waals surface area contributed by atoms with E-state index in [0.717, 1.165) is 52.7 Å². The van der Waals surface area contributed by atoms with Gasteiger partial charge in [-0.2, -0.15) is 0 Å². The maximum atomic E-state index is 8.33. The number of nitrogens with one attached hydrogen (secondary N) is 2. The van der Waals surface area contributed by atoms with E-state index in [2.05, 4.69) is 39.0 Å². The number of nitrogens with zero attached hydrogens (tertiary/aromatic N) is 3. The highest BCUT2D eigenvalue weighted by Crippen LogP contribution is 2.24. The largest absolute Gasteiger partial charge is 0.494 e. The van der Waals surface area contributed by atoms with Gasteiger partial charge in [-0.3, -0.25) is 5.41 Å². The maximum absolute atomic E-state index is 8.33. The number of aromatic nitrogens is 2. The van der Waals surface area contributed by atoms with Gasteiger partial charge in [-0.15, -0.1) is 11.3 Å². The minimum atomic E-state index is 0.413. The van der Waals surface area contributed by atoms with E-state index in [0.29, 0.717) is 12.4 Å². The molecule has 5 rings (SSSR count). The van der Waals surface area contributed by atoms with Gasteiger partial charge in [0, 0.05) is 25.2 Å². The van der Waals surface area contributed by atoms with E-state index in [4.69, 9.17) is 15.1 Å². The van der Waals surface area contributed by atoms with Crippen LogP contribution in [0.1, 0.15) is 29.6 Å². The highest BCUT2D eigenvalue weighted by atomic mass is 32.1. The summed E-state index contributed by atoms with van der Waals surface area (Å²) in [6.07, 6.45) is 2.07. The molecular formula is C26H29N5OS. The molecule has 0 bridgehead atoms. The van der Waals surface area contributed by atoms with Crippen molar-refractivity contribution in [1.82, 2.24) is 14.5 Å². The first kappa shape index (κ1) is 21.7. The van der Waals surface area contributed by atoms with Crippen LogP contribution >= 0.6 is 11.3 Å². The Morgan fingerprint density at radius 2 is 1.97 bits per heavy atom. The van der Waals surface area contributed by atoms with Crippen LogP contribution in [0.15, 0.2) is 60.0 Å². The third kappa shape index (κ3) is 4.94. The van der Waals surface area contributed by atoms with Crippen molar-refractivity contribution in [3.8, 4) is 5.75 Å². The first-order valence-corrected chi connectivity index (χ1v) is 12.4. The monoisotopic (exact) mass is 459 g/mol. The third-order valence-corrected chi connectivity index (χ3v) is 6.94. The fourth-order valence-electron chi connectivity index (χ4n) is 4.17.